The summed E-state index contributed by atoms with van der Waals surface area (Å²) in [6.45, 7) is 3.70. The summed E-state index contributed by atoms with van der Waals surface area (Å²) >= 11 is 0. The third kappa shape index (κ3) is 3.05. The van der Waals surface area contributed by atoms with Gasteiger partial charge in [-0.05, 0) is 36.6 Å². The molecule has 0 atom stereocenters. The Labute approximate surface area is 141 Å². The molecule has 0 fully saturated rings. The number of aryl methyl sites for hydroxylation is 2. The number of hydrogen-bond acceptors (Lipinski definition) is 3. The molecule has 1 N–H and O–H groups in total. The van der Waals surface area contributed by atoms with Crippen molar-refractivity contribution in [2.24, 2.45) is 7.05 Å². The summed E-state index contributed by atoms with van der Waals surface area (Å²) in [6, 6.07) is 10.8. The van der Waals surface area contributed by atoms with Crippen LogP contribution < -0.4 is 4.72 Å². The third-order valence-corrected chi connectivity index (χ3v) is 5.26. The number of fused-ring (bicyclic) bond motifs is 1. The lowest BCUT2D eigenvalue weighted by Crippen LogP contribution is -2.16. The average molecular weight is 341 g/mol. The number of benzene rings is 1. The van der Waals surface area contributed by atoms with E-state index in [1.54, 1.807) is 35.0 Å². The van der Waals surface area contributed by atoms with E-state index >= 15 is 0 Å². The summed E-state index contributed by atoms with van der Waals surface area (Å²) in [5.74, 6) is 0.366. The molecular formula is C18H19N3O2S. The van der Waals surface area contributed by atoms with Gasteiger partial charge in [0.1, 0.15) is 10.7 Å². The van der Waals surface area contributed by atoms with E-state index in [1.807, 2.05) is 31.4 Å². The molecule has 3 aromatic rings. The van der Waals surface area contributed by atoms with Crippen LogP contribution >= 0.6 is 0 Å². The third-order valence-electron chi connectivity index (χ3n) is 3.89. The lowest BCUT2D eigenvalue weighted by molar-refractivity contribution is 0.601. The Morgan fingerprint density at radius 1 is 1.25 bits per heavy atom. The van der Waals surface area contributed by atoms with Crippen LogP contribution in [0.5, 0.6) is 0 Å². The van der Waals surface area contributed by atoms with Crippen molar-refractivity contribution in [1.82, 2.24) is 9.55 Å². The predicted molar refractivity (Wildman–Crippen MR) is 96.5 cm³/mol. The van der Waals surface area contributed by atoms with E-state index in [2.05, 4.69) is 16.3 Å². The first-order valence-corrected chi connectivity index (χ1v) is 9.13. The van der Waals surface area contributed by atoms with Gasteiger partial charge in [0.2, 0.25) is 0 Å². The molecule has 0 saturated heterocycles. The van der Waals surface area contributed by atoms with Gasteiger partial charge >= 0.3 is 0 Å². The molecule has 0 bridgehead atoms. The van der Waals surface area contributed by atoms with Crippen LogP contribution in [0.2, 0.25) is 0 Å². The Bertz CT molecular complexity index is 990. The topological polar surface area (TPSA) is 64.0 Å². The maximum atomic E-state index is 12.9. The van der Waals surface area contributed by atoms with E-state index in [4.69, 9.17) is 0 Å². The largest absolute Gasteiger partial charge is 0.349 e. The lowest BCUT2D eigenvalue weighted by Gasteiger charge is -2.12. The fraction of sp³-hybridized carbons (Fsp3) is 0.167. The highest BCUT2D eigenvalue weighted by Crippen LogP contribution is 2.26. The Kier molecular flexibility index (Phi) is 4.40. The number of aromatic nitrogens is 2. The van der Waals surface area contributed by atoms with E-state index in [1.165, 1.54) is 0 Å². The Morgan fingerprint density at radius 2 is 2.08 bits per heavy atom. The van der Waals surface area contributed by atoms with Gasteiger partial charge in [0.05, 0.1) is 5.52 Å². The SMILES string of the molecule is C=CCCc1cccnc1NS(=O)(=O)c1cccc2ccn(C)c12. The number of hydrogen-bond donors (Lipinski definition) is 1. The van der Waals surface area contributed by atoms with Gasteiger partial charge in [0, 0.05) is 24.8 Å². The minimum Gasteiger partial charge on any atom is -0.349 e. The zero-order chi connectivity index (χ0) is 17.2. The molecule has 1 aromatic carbocycles. The molecule has 24 heavy (non-hydrogen) atoms. The van der Waals surface area contributed by atoms with Crippen molar-refractivity contribution in [1.29, 1.82) is 0 Å². The van der Waals surface area contributed by atoms with Crippen molar-refractivity contribution in [3.63, 3.8) is 0 Å². The quantitative estimate of drug-likeness (QED) is 0.698. The summed E-state index contributed by atoms with van der Waals surface area (Å²) < 4.78 is 30.3. The summed E-state index contributed by atoms with van der Waals surface area (Å²) in [7, 11) is -1.91. The number of para-hydroxylation sites is 1. The zero-order valence-corrected chi connectivity index (χ0v) is 14.3. The van der Waals surface area contributed by atoms with Crippen LogP contribution in [-0.2, 0) is 23.5 Å². The summed E-state index contributed by atoms with van der Waals surface area (Å²) in [5, 5.41) is 0.883. The van der Waals surface area contributed by atoms with E-state index in [0.717, 1.165) is 17.4 Å². The summed E-state index contributed by atoms with van der Waals surface area (Å²) in [6.07, 6.45) is 6.67. The van der Waals surface area contributed by atoms with Crippen molar-refractivity contribution in [2.75, 3.05) is 4.72 Å². The fourth-order valence-corrected chi connectivity index (χ4v) is 4.03. The van der Waals surface area contributed by atoms with Crippen LogP contribution in [-0.4, -0.2) is 18.0 Å². The number of rotatable bonds is 6. The number of pyridine rings is 1. The minimum atomic E-state index is -3.74. The zero-order valence-electron chi connectivity index (χ0n) is 13.4. The van der Waals surface area contributed by atoms with Crippen molar-refractivity contribution in [3.8, 4) is 0 Å². The highest BCUT2D eigenvalue weighted by molar-refractivity contribution is 7.93. The van der Waals surface area contributed by atoms with Crippen LogP contribution in [0.3, 0.4) is 0 Å². The molecule has 124 valence electrons. The fourth-order valence-electron chi connectivity index (χ4n) is 2.71. The van der Waals surface area contributed by atoms with Crippen LogP contribution in [0.4, 0.5) is 5.82 Å². The molecule has 0 unspecified atom stereocenters. The van der Waals surface area contributed by atoms with Gasteiger partial charge in [-0.25, -0.2) is 13.4 Å². The average Bonchev–Trinajstić information content (AvgIpc) is 2.95. The van der Waals surface area contributed by atoms with Gasteiger partial charge in [-0.1, -0.05) is 24.3 Å². The molecule has 3 rings (SSSR count). The van der Waals surface area contributed by atoms with Crippen molar-refractivity contribution in [2.45, 2.75) is 17.7 Å². The van der Waals surface area contributed by atoms with Gasteiger partial charge in [0.15, 0.2) is 0 Å². The van der Waals surface area contributed by atoms with Crippen molar-refractivity contribution >= 4 is 26.7 Å². The van der Waals surface area contributed by atoms with Gasteiger partial charge in [-0.3, -0.25) is 4.72 Å². The Hall–Kier alpha value is -2.60. The highest BCUT2D eigenvalue weighted by atomic mass is 32.2. The Morgan fingerprint density at radius 3 is 2.88 bits per heavy atom. The van der Waals surface area contributed by atoms with Crippen molar-refractivity contribution in [3.05, 3.63) is 67.0 Å². The number of nitrogens with one attached hydrogen (secondary N) is 1. The molecule has 2 aromatic heterocycles. The first-order chi connectivity index (χ1) is 11.5. The monoisotopic (exact) mass is 341 g/mol. The molecule has 0 radical (unpaired) electrons. The standard InChI is InChI=1S/C18H19N3O2S/c1-3-4-7-15-9-6-12-19-18(15)20-24(22,23)16-10-5-8-14-11-13-21(2)17(14)16/h3,5-6,8-13H,1,4,7H2,2H3,(H,19,20). The highest BCUT2D eigenvalue weighted by Gasteiger charge is 2.20. The number of allylic oxidation sites excluding steroid dienone is 1. The van der Waals surface area contributed by atoms with Crippen LogP contribution in [0, 0.1) is 0 Å². The number of sulfonamides is 1. The van der Waals surface area contributed by atoms with E-state index in [-0.39, 0.29) is 4.90 Å². The maximum absolute atomic E-state index is 12.9. The van der Waals surface area contributed by atoms with E-state index in [0.29, 0.717) is 17.8 Å². The predicted octanol–water partition coefficient (Wildman–Crippen LogP) is 3.49. The van der Waals surface area contributed by atoms with Crippen LogP contribution in [0.15, 0.2) is 66.3 Å². The first kappa shape index (κ1) is 16.3. The van der Waals surface area contributed by atoms with Crippen LogP contribution in [0.25, 0.3) is 10.9 Å². The molecular weight excluding hydrogens is 322 g/mol. The maximum Gasteiger partial charge on any atom is 0.265 e. The van der Waals surface area contributed by atoms with Crippen molar-refractivity contribution < 1.29 is 8.42 Å². The summed E-state index contributed by atoms with van der Waals surface area (Å²) in [5.41, 5.74) is 1.52. The lowest BCUT2D eigenvalue weighted by atomic mass is 10.1. The molecule has 0 saturated carbocycles. The second-order valence-corrected chi connectivity index (χ2v) is 7.22. The summed E-state index contributed by atoms with van der Waals surface area (Å²) in [4.78, 5) is 4.44. The number of nitrogens with zero attached hydrogens (tertiary/aromatic N) is 2. The smallest absolute Gasteiger partial charge is 0.265 e. The molecule has 5 nitrogen and oxygen atoms in total. The normalized spacial score (nSPS) is 11.5. The molecule has 2 heterocycles. The molecule has 6 heteroatoms. The minimum absolute atomic E-state index is 0.243. The first-order valence-electron chi connectivity index (χ1n) is 7.64. The van der Waals surface area contributed by atoms with Gasteiger partial charge in [-0.2, -0.15) is 0 Å². The molecule has 0 aliphatic carbocycles. The van der Waals surface area contributed by atoms with Gasteiger partial charge < -0.3 is 4.57 Å². The second-order valence-electron chi connectivity index (χ2n) is 5.56. The molecule has 0 amide bonds. The second kappa shape index (κ2) is 6.49. The number of anilines is 1. The molecule has 0 spiro atoms. The van der Waals surface area contributed by atoms with Gasteiger partial charge in [0.25, 0.3) is 10.0 Å². The van der Waals surface area contributed by atoms with E-state index < -0.39 is 10.0 Å². The van der Waals surface area contributed by atoms with E-state index in [9.17, 15) is 8.42 Å². The Balaban J connectivity index is 2.03. The van der Waals surface area contributed by atoms with Gasteiger partial charge in [-0.15, -0.1) is 6.58 Å². The molecule has 0 aliphatic rings. The van der Waals surface area contributed by atoms with Crippen LogP contribution in [0.1, 0.15) is 12.0 Å². The molecule has 0 aliphatic heterocycles.